The van der Waals surface area contributed by atoms with Crippen LogP contribution in [0, 0.1) is 17.3 Å². The van der Waals surface area contributed by atoms with Gasteiger partial charge in [-0.3, -0.25) is 0 Å². The molecule has 2 aliphatic carbocycles. The van der Waals surface area contributed by atoms with Crippen molar-refractivity contribution in [2.75, 3.05) is 6.54 Å². The van der Waals surface area contributed by atoms with Gasteiger partial charge in [0, 0.05) is 6.04 Å². The molecular weight excluding hydrogens is 206 g/mol. The number of hydrogen-bond donors (Lipinski definition) is 1. The van der Waals surface area contributed by atoms with Crippen molar-refractivity contribution >= 4 is 0 Å². The monoisotopic (exact) mass is 237 g/mol. The molecule has 1 N–H and O–H groups in total. The molecule has 1 nitrogen and oxygen atoms in total. The summed E-state index contributed by atoms with van der Waals surface area (Å²) in [7, 11) is 0. The molecule has 0 aromatic heterocycles. The Kier molecular flexibility index (Phi) is 4.52. The third-order valence-corrected chi connectivity index (χ3v) is 5.62. The SMILES string of the molecule is CCNC1CCC(C)(C2CCCC(CC)C2)C1. The van der Waals surface area contributed by atoms with Crippen molar-refractivity contribution in [3.8, 4) is 0 Å². The van der Waals surface area contributed by atoms with Gasteiger partial charge in [-0.15, -0.1) is 0 Å². The molecule has 0 spiro atoms. The molecule has 0 saturated heterocycles. The highest BCUT2D eigenvalue weighted by molar-refractivity contribution is 4.95. The Balaban J connectivity index is 1.92. The van der Waals surface area contributed by atoms with Crippen LogP contribution in [0.1, 0.15) is 72.1 Å². The van der Waals surface area contributed by atoms with E-state index in [0.717, 1.165) is 24.4 Å². The molecular formula is C16H31N. The van der Waals surface area contributed by atoms with Crippen molar-refractivity contribution in [1.29, 1.82) is 0 Å². The molecule has 0 aromatic rings. The van der Waals surface area contributed by atoms with E-state index in [2.05, 4.69) is 26.1 Å². The van der Waals surface area contributed by atoms with Crippen LogP contribution in [-0.2, 0) is 0 Å². The maximum atomic E-state index is 3.66. The van der Waals surface area contributed by atoms with E-state index >= 15 is 0 Å². The summed E-state index contributed by atoms with van der Waals surface area (Å²) in [4.78, 5) is 0. The molecule has 2 aliphatic rings. The fourth-order valence-corrected chi connectivity index (χ4v) is 4.40. The van der Waals surface area contributed by atoms with E-state index in [1.807, 2.05) is 0 Å². The Morgan fingerprint density at radius 3 is 2.71 bits per heavy atom. The Labute approximate surface area is 108 Å². The Bertz CT molecular complexity index is 238. The van der Waals surface area contributed by atoms with Gasteiger partial charge in [0.2, 0.25) is 0 Å². The third-order valence-electron chi connectivity index (χ3n) is 5.62. The lowest BCUT2D eigenvalue weighted by molar-refractivity contribution is 0.109. The van der Waals surface area contributed by atoms with E-state index in [0.29, 0.717) is 5.41 Å². The Morgan fingerprint density at radius 1 is 1.18 bits per heavy atom. The summed E-state index contributed by atoms with van der Waals surface area (Å²) in [6.45, 7) is 8.34. The standard InChI is InChI=1S/C16H31N/c1-4-13-7-6-8-14(11-13)16(3)10-9-15(12-16)17-5-2/h13-15,17H,4-12H2,1-3H3. The molecule has 17 heavy (non-hydrogen) atoms. The van der Waals surface area contributed by atoms with E-state index in [4.69, 9.17) is 0 Å². The average Bonchev–Trinajstić information content (AvgIpc) is 2.73. The lowest BCUT2D eigenvalue weighted by Gasteiger charge is -2.40. The molecule has 0 radical (unpaired) electrons. The summed E-state index contributed by atoms with van der Waals surface area (Å²) in [6, 6.07) is 0.812. The van der Waals surface area contributed by atoms with Gasteiger partial charge in [0.1, 0.15) is 0 Å². The lowest BCUT2D eigenvalue weighted by Crippen LogP contribution is -2.33. The average molecular weight is 237 g/mol. The molecule has 0 amide bonds. The molecule has 100 valence electrons. The predicted molar refractivity (Wildman–Crippen MR) is 75.2 cm³/mol. The summed E-state index contributed by atoms with van der Waals surface area (Å²) >= 11 is 0. The summed E-state index contributed by atoms with van der Waals surface area (Å²) in [5.41, 5.74) is 0.653. The minimum Gasteiger partial charge on any atom is -0.314 e. The fraction of sp³-hybridized carbons (Fsp3) is 1.00. The Hall–Kier alpha value is -0.0400. The minimum absolute atomic E-state index is 0.653. The second-order valence-corrected chi connectivity index (χ2v) is 6.79. The van der Waals surface area contributed by atoms with Crippen LogP contribution >= 0.6 is 0 Å². The molecule has 0 aromatic carbocycles. The topological polar surface area (TPSA) is 12.0 Å². The van der Waals surface area contributed by atoms with Crippen LogP contribution in [0.4, 0.5) is 0 Å². The molecule has 2 fully saturated rings. The van der Waals surface area contributed by atoms with Crippen molar-refractivity contribution in [1.82, 2.24) is 5.32 Å². The molecule has 0 bridgehead atoms. The third kappa shape index (κ3) is 3.05. The van der Waals surface area contributed by atoms with Gasteiger partial charge in [-0.1, -0.05) is 40.0 Å². The van der Waals surface area contributed by atoms with Gasteiger partial charge in [0.15, 0.2) is 0 Å². The largest absolute Gasteiger partial charge is 0.314 e. The van der Waals surface area contributed by atoms with Gasteiger partial charge in [-0.05, 0) is 55.9 Å². The number of nitrogens with one attached hydrogen (secondary N) is 1. The van der Waals surface area contributed by atoms with Crippen molar-refractivity contribution in [3.05, 3.63) is 0 Å². The van der Waals surface area contributed by atoms with Crippen LogP contribution in [0.15, 0.2) is 0 Å². The predicted octanol–water partition coefficient (Wildman–Crippen LogP) is 4.37. The molecule has 4 unspecified atom stereocenters. The lowest BCUT2D eigenvalue weighted by atomic mass is 9.66. The molecule has 4 atom stereocenters. The number of hydrogen-bond acceptors (Lipinski definition) is 1. The van der Waals surface area contributed by atoms with Gasteiger partial charge in [0.25, 0.3) is 0 Å². The van der Waals surface area contributed by atoms with Gasteiger partial charge in [-0.25, -0.2) is 0 Å². The summed E-state index contributed by atoms with van der Waals surface area (Å²) in [5.74, 6) is 2.05. The van der Waals surface area contributed by atoms with E-state index in [9.17, 15) is 0 Å². The first-order valence-electron chi connectivity index (χ1n) is 7.91. The minimum atomic E-state index is 0.653. The smallest absolute Gasteiger partial charge is 0.00724 e. The Morgan fingerprint density at radius 2 is 2.00 bits per heavy atom. The highest BCUT2D eigenvalue weighted by Crippen LogP contribution is 2.50. The summed E-state index contributed by atoms with van der Waals surface area (Å²) in [6.07, 6.45) is 11.7. The van der Waals surface area contributed by atoms with Gasteiger partial charge < -0.3 is 5.32 Å². The molecule has 2 saturated carbocycles. The highest BCUT2D eigenvalue weighted by Gasteiger charge is 2.42. The van der Waals surface area contributed by atoms with Crippen LogP contribution in [0.5, 0.6) is 0 Å². The van der Waals surface area contributed by atoms with Crippen LogP contribution in [0.3, 0.4) is 0 Å². The first-order valence-corrected chi connectivity index (χ1v) is 7.91. The van der Waals surface area contributed by atoms with E-state index in [1.54, 1.807) is 0 Å². The van der Waals surface area contributed by atoms with Gasteiger partial charge in [0.05, 0.1) is 0 Å². The summed E-state index contributed by atoms with van der Waals surface area (Å²) in [5, 5.41) is 3.66. The zero-order valence-corrected chi connectivity index (χ0v) is 12.1. The fourth-order valence-electron chi connectivity index (χ4n) is 4.40. The first-order chi connectivity index (χ1) is 8.18. The van der Waals surface area contributed by atoms with Crippen molar-refractivity contribution in [2.45, 2.75) is 78.2 Å². The van der Waals surface area contributed by atoms with Crippen molar-refractivity contribution in [3.63, 3.8) is 0 Å². The van der Waals surface area contributed by atoms with E-state index in [1.165, 1.54) is 51.4 Å². The van der Waals surface area contributed by atoms with Crippen LogP contribution in [-0.4, -0.2) is 12.6 Å². The quantitative estimate of drug-likeness (QED) is 0.765. The second-order valence-electron chi connectivity index (χ2n) is 6.79. The van der Waals surface area contributed by atoms with Crippen molar-refractivity contribution in [2.24, 2.45) is 17.3 Å². The van der Waals surface area contributed by atoms with E-state index in [-0.39, 0.29) is 0 Å². The number of rotatable bonds is 4. The normalized spacial score (nSPS) is 42.9. The molecule has 0 aliphatic heterocycles. The van der Waals surface area contributed by atoms with Crippen LogP contribution in [0.25, 0.3) is 0 Å². The maximum absolute atomic E-state index is 3.66. The van der Waals surface area contributed by atoms with Gasteiger partial charge >= 0.3 is 0 Å². The van der Waals surface area contributed by atoms with Crippen LogP contribution < -0.4 is 5.32 Å². The van der Waals surface area contributed by atoms with Crippen LogP contribution in [0.2, 0.25) is 0 Å². The van der Waals surface area contributed by atoms with E-state index < -0.39 is 0 Å². The molecule has 2 rings (SSSR count). The second kappa shape index (κ2) is 5.73. The molecule has 1 heteroatoms. The zero-order chi connectivity index (χ0) is 12.3. The molecule has 0 heterocycles. The first kappa shape index (κ1) is 13.4. The zero-order valence-electron chi connectivity index (χ0n) is 12.1. The van der Waals surface area contributed by atoms with Gasteiger partial charge in [-0.2, -0.15) is 0 Å². The highest BCUT2D eigenvalue weighted by atomic mass is 14.9. The van der Waals surface area contributed by atoms with Crippen molar-refractivity contribution < 1.29 is 0 Å². The maximum Gasteiger partial charge on any atom is 0.00724 e. The summed E-state index contributed by atoms with van der Waals surface area (Å²) < 4.78 is 0.